The number of hydrogen-bond acceptors (Lipinski definition) is 6. The molecule has 7 nitrogen and oxygen atoms in total. The third kappa shape index (κ3) is 2.18. The van der Waals surface area contributed by atoms with Crippen LogP contribution < -0.4 is 5.56 Å². The molecule has 1 saturated heterocycles. The number of epoxide rings is 1. The van der Waals surface area contributed by atoms with Crippen molar-refractivity contribution >= 4 is 16.9 Å². The third-order valence-corrected chi connectivity index (χ3v) is 8.03. The van der Waals surface area contributed by atoms with Crippen LogP contribution in [0.5, 0.6) is 0 Å². The van der Waals surface area contributed by atoms with Crippen molar-refractivity contribution < 1.29 is 23.8 Å². The zero-order valence-electron chi connectivity index (χ0n) is 18.2. The van der Waals surface area contributed by atoms with Gasteiger partial charge < -0.3 is 19.1 Å². The van der Waals surface area contributed by atoms with E-state index >= 15 is 0 Å². The molecule has 0 bridgehead atoms. The van der Waals surface area contributed by atoms with Crippen LogP contribution in [-0.4, -0.2) is 27.2 Å². The monoisotopic (exact) mass is 448 g/mol. The summed E-state index contributed by atoms with van der Waals surface area (Å²) in [6.45, 7) is 4.20. The Kier molecular flexibility index (Phi) is 3.45. The molecule has 1 aliphatic carbocycles. The Morgan fingerprint density at radius 2 is 2.03 bits per heavy atom. The summed E-state index contributed by atoms with van der Waals surface area (Å²) >= 11 is 0. The molecule has 0 saturated carbocycles. The summed E-state index contributed by atoms with van der Waals surface area (Å²) in [5.74, 6) is -1.05. The fourth-order valence-electron chi connectivity index (χ4n) is 6.03. The molecule has 1 unspecified atom stereocenters. The number of pyridine rings is 2. The van der Waals surface area contributed by atoms with Crippen LogP contribution >= 0.6 is 0 Å². The quantitative estimate of drug-likeness (QED) is 0.356. The molecule has 0 radical (unpaired) electrons. The highest BCUT2D eigenvalue weighted by Crippen LogP contribution is 2.54. The second-order valence-electron chi connectivity index (χ2n) is 9.56. The predicted octanol–water partition coefficient (Wildman–Crippen LogP) is 2.70. The first-order valence-electron chi connectivity index (χ1n) is 11.3. The Labute approximate surface area is 187 Å². The minimum Gasteiger partial charge on any atom is -0.458 e. The minimum absolute atomic E-state index is 0.0791. The maximum Gasteiger partial charge on any atom is 0.343 e. The number of benzene rings is 1. The van der Waals surface area contributed by atoms with Gasteiger partial charge in [0.2, 0.25) is 0 Å². The van der Waals surface area contributed by atoms with Crippen LogP contribution in [0.4, 0.5) is 4.39 Å². The van der Waals surface area contributed by atoms with E-state index in [1.807, 2.05) is 0 Å². The number of fused-ring (bicyclic) bond motifs is 6. The Hall–Kier alpha value is -3.10. The highest BCUT2D eigenvalue weighted by atomic mass is 19.1. The van der Waals surface area contributed by atoms with E-state index in [0.717, 1.165) is 34.9 Å². The first-order valence-corrected chi connectivity index (χ1v) is 11.3. The largest absolute Gasteiger partial charge is 0.458 e. The van der Waals surface area contributed by atoms with Crippen LogP contribution in [0.2, 0.25) is 0 Å². The van der Waals surface area contributed by atoms with Crippen LogP contribution in [-0.2, 0) is 45.0 Å². The zero-order chi connectivity index (χ0) is 22.9. The van der Waals surface area contributed by atoms with Gasteiger partial charge in [0, 0.05) is 28.1 Å². The second kappa shape index (κ2) is 5.87. The van der Waals surface area contributed by atoms with Gasteiger partial charge in [0.1, 0.15) is 18.0 Å². The number of nitrogens with zero attached hydrogens (tertiary/aromatic N) is 2. The van der Waals surface area contributed by atoms with E-state index in [0.29, 0.717) is 35.6 Å². The zero-order valence-corrected chi connectivity index (χ0v) is 18.2. The molecule has 8 heteroatoms. The van der Waals surface area contributed by atoms with Crippen molar-refractivity contribution in [1.29, 1.82) is 0 Å². The molecule has 2 atom stereocenters. The number of cyclic esters (lactones) is 1. The molecular formula is C25H21FN2O5. The van der Waals surface area contributed by atoms with E-state index in [-0.39, 0.29) is 35.5 Å². The molecule has 1 fully saturated rings. The van der Waals surface area contributed by atoms with Crippen molar-refractivity contribution in [2.24, 2.45) is 0 Å². The fourth-order valence-corrected chi connectivity index (χ4v) is 6.03. The summed E-state index contributed by atoms with van der Waals surface area (Å²) in [4.78, 5) is 30.7. The maximum atomic E-state index is 14.8. The number of aliphatic hydroxyl groups is 1. The molecule has 7 rings (SSSR count). The Bertz CT molecular complexity index is 1520. The number of rotatable bonds is 1. The molecule has 1 N–H and O–H groups in total. The Morgan fingerprint density at radius 1 is 1.24 bits per heavy atom. The van der Waals surface area contributed by atoms with Gasteiger partial charge >= 0.3 is 5.97 Å². The smallest absolute Gasteiger partial charge is 0.343 e. The third-order valence-electron chi connectivity index (χ3n) is 8.03. The average Bonchev–Trinajstić information content (AvgIpc) is 3.48. The molecule has 5 heterocycles. The summed E-state index contributed by atoms with van der Waals surface area (Å²) in [6.07, 6.45) is 1.56. The summed E-state index contributed by atoms with van der Waals surface area (Å²) in [5.41, 5.74) is 3.10. The lowest BCUT2D eigenvalue weighted by molar-refractivity contribution is -0.172. The summed E-state index contributed by atoms with van der Waals surface area (Å²) in [6, 6.07) is 3.14. The number of hydrogen-bond donors (Lipinski definition) is 1. The molecule has 3 aromatic rings. The van der Waals surface area contributed by atoms with E-state index in [1.54, 1.807) is 24.5 Å². The summed E-state index contributed by atoms with van der Waals surface area (Å²) in [7, 11) is 0. The molecule has 0 amide bonds. The van der Waals surface area contributed by atoms with Crippen molar-refractivity contribution in [2.45, 2.75) is 57.5 Å². The Morgan fingerprint density at radius 3 is 2.76 bits per heavy atom. The SMILES string of the molecule is CC[C@@]1(O)C(=O)OCc2c1cc1n(c2=O)Cc2c-1nc1cc(F)c(C)c3c1c2C1(CC3)CO1. The van der Waals surface area contributed by atoms with Crippen molar-refractivity contribution in [2.75, 3.05) is 6.61 Å². The van der Waals surface area contributed by atoms with Crippen LogP contribution in [0.25, 0.3) is 22.3 Å². The van der Waals surface area contributed by atoms with Gasteiger partial charge in [0.25, 0.3) is 5.56 Å². The topological polar surface area (TPSA) is 94.0 Å². The lowest BCUT2D eigenvalue weighted by Gasteiger charge is -2.31. The van der Waals surface area contributed by atoms with E-state index < -0.39 is 17.2 Å². The summed E-state index contributed by atoms with van der Waals surface area (Å²) in [5, 5.41) is 12.0. The number of carbonyl (C=O) groups excluding carboxylic acids is 1. The van der Waals surface area contributed by atoms with Gasteiger partial charge in [0.05, 0.1) is 35.6 Å². The van der Waals surface area contributed by atoms with Crippen molar-refractivity contribution in [3.05, 3.63) is 61.7 Å². The molecular weight excluding hydrogens is 427 g/mol. The number of esters is 1. The van der Waals surface area contributed by atoms with Crippen LogP contribution in [0.1, 0.15) is 53.1 Å². The van der Waals surface area contributed by atoms with Gasteiger partial charge in [-0.2, -0.15) is 0 Å². The van der Waals surface area contributed by atoms with Gasteiger partial charge in [-0.25, -0.2) is 14.2 Å². The lowest BCUT2D eigenvalue weighted by atomic mass is 9.78. The van der Waals surface area contributed by atoms with Gasteiger partial charge in [-0.3, -0.25) is 4.79 Å². The standard InChI is InChI=1S/C25H21FN2O5/c1-3-25(31)15-6-18-21-13(8-28(18)22(29)14(15)9-32-23(25)30)20-19-12(4-5-24(20)10-33-24)11(2)16(26)7-17(19)27-21/h6-7,31H,3-5,8-10H2,1-2H3/t24?,25-/m0/s1. The minimum atomic E-state index is -1.88. The van der Waals surface area contributed by atoms with Crippen LogP contribution in [0.15, 0.2) is 16.9 Å². The van der Waals surface area contributed by atoms with E-state index in [1.165, 1.54) is 6.07 Å². The van der Waals surface area contributed by atoms with Gasteiger partial charge in [-0.15, -0.1) is 0 Å². The number of carbonyl (C=O) groups is 1. The first kappa shape index (κ1) is 19.4. The number of aromatic nitrogens is 2. The average molecular weight is 448 g/mol. The molecule has 4 aliphatic rings. The number of ether oxygens (including phenoxy) is 2. The van der Waals surface area contributed by atoms with E-state index in [9.17, 15) is 19.1 Å². The number of aryl methyl sites for hydroxylation is 1. The van der Waals surface area contributed by atoms with Crippen molar-refractivity contribution in [1.82, 2.24) is 9.55 Å². The predicted molar refractivity (Wildman–Crippen MR) is 115 cm³/mol. The first-order chi connectivity index (χ1) is 15.8. The highest BCUT2D eigenvalue weighted by Gasteiger charge is 2.53. The molecule has 33 heavy (non-hydrogen) atoms. The molecule has 168 valence electrons. The van der Waals surface area contributed by atoms with E-state index in [4.69, 9.17) is 14.5 Å². The highest BCUT2D eigenvalue weighted by molar-refractivity contribution is 5.94. The van der Waals surface area contributed by atoms with Crippen molar-refractivity contribution in [3.8, 4) is 11.4 Å². The van der Waals surface area contributed by atoms with Crippen LogP contribution in [0, 0.1) is 12.7 Å². The van der Waals surface area contributed by atoms with E-state index in [2.05, 4.69) is 0 Å². The maximum absolute atomic E-state index is 14.8. The van der Waals surface area contributed by atoms with Gasteiger partial charge in [0.15, 0.2) is 5.60 Å². The fraction of sp³-hybridized carbons (Fsp3) is 0.400. The summed E-state index contributed by atoms with van der Waals surface area (Å²) < 4.78 is 27.5. The molecule has 3 aliphatic heterocycles. The second-order valence-corrected chi connectivity index (χ2v) is 9.56. The molecule has 1 aromatic carbocycles. The Balaban J connectivity index is 1.58. The normalized spacial score (nSPS) is 26.2. The van der Waals surface area contributed by atoms with Crippen molar-refractivity contribution in [3.63, 3.8) is 0 Å². The number of halogens is 1. The van der Waals surface area contributed by atoms with Gasteiger partial charge in [-0.1, -0.05) is 6.92 Å². The van der Waals surface area contributed by atoms with Crippen LogP contribution in [0.3, 0.4) is 0 Å². The van der Waals surface area contributed by atoms with Gasteiger partial charge in [-0.05, 0) is 43.4 Å². The molecule has 2 aromatic heterocycles. The lowest BCUT2D eigenvalue weighted by Crippen LogP contribution is -2.44. The molecule has 1 spiro atoms.